The molecule has 4 heteroatoms. The topological polar surface area (TPSA) is 58.7 Å². The number of nitrogens with zero attached hydrogens (tertiary/aromatic N) is 1. The summed E-state index contributed by atoms with van der Waals surface area (Å²) < 4.78 is 5.38. The number of nitrogens with two attached hydrogens (primary N) is 1. The lowest BCUT2D eigenvalue weighted by Crippen LogP contribution is -2.38. The highest BCUT2D eigenvalue weighted by Gasteiger charge is 2.29. The van der Waals surface area contributed by atoms with Crippen LogP contribution in [0.25, 0.3) is 0 Å². The van der Waals surface area contributed by atoms with Crippen molar-refractivity contribution in [1.29, 1.82) is 0 Å². The number of morpholine rings is 1. The molecule has 1 saturated heterocycles. The minimum atomic E-state index is 0.0743. The number of ether oxygens (including phenoxy) is 1. The first-order valence-electron chi connectivity index (χ1n) is 7.55. The summed E-state index contributed by atoms with van der Waals surface area (Å²) >= 11 is 0. The van der Waals surface area contributed by atoms with E-state index in [0.29, 0.717) is 12.3 Å². The molecule has 0 aromatic rings. The molecule has 0 amide bonds. The highest BCUT2D eigenvalue weighted by Crippen LogP contribution is 2.37. The average Bonchev–Trinajstić information content (AvgIpc) is 2.41. The van der Waals surface area contributed by atoms with E-state index in [1.165, 1.54) is 5.57 Å². The predicted octanol–water partition coefficient (Wildman–Crippen LogP) is 2.08. The molecule has 3 N–H and O–H groups in total. The lowest BCUT2D eigenvalue weighted by molar-refractivity contribution is 0.0419. The van der Waals surface area contributed by atoms with Crippen molar-refractivity contribution in [3.8, 4) is 0 Å². The van der Waals surface area contributed by atoms with Gasteiger partial charge in [0.15, 0.2) is 0 Å². The molecule has 1 atom stereocenters. The Balaban J connectivity index is 2.19. The molecule has 1 fully saturated rings. The maximum absolute atomic E-state index is 10.4. The molecule has 0 aromatic carbocycles. The fourth-order valence-electron chi connectivity index (χ4n) is 2.81. The van der Waals surface area contributed by atoms with Crippen LogP contribution in [0.1, 0.15) is 27.2 Å². The molecule has 0 bridgehead atoms. The van der Waals surface area contributed by atoms with Gasteiger partial charge in [0.2, 0.25) is 0 Å². The van der Waals surface area contributed by atoms with Crippen LogP contribution in [0.2, 0.25) is 0 Å². The predicted molar refractivity (Wildman–Crippen MR) is 81.6 cm³/mol. The van der Waals surface area contributed by atoms with E-state index in [0.717, 1.165) is 44.8 Å². The number of aliphatic hydroxyl groups excluding tert-OH is 1. The summed E-state index contributed by atoms with van der Waals surface area (Å²) in [5.74, 6) is 0.567. The molecule has 2 rings (SSSR count). The Morgan fingerprint density at radius 1 is 1.35 bits per heavy atom. The van der Waals surface area contributed by atoms with Gasteiger partial charge in [-0.25, -0.2) is 0 Å². The number of hydrogen-bond donors (Lipinski definition) is 2. The summed E-state index contributed by atoms with van der Waals surface area (Å²) in [6.45, 7) is 11.4. The second-order valence-corrected chi connectivity index (χ2v) is 6.86. The molecular formula is C16H28N2O2. The van der Waals surface area contributed by atoms with Crippen molar-refractivity contribution in [2.45, 2.75) is 27.2 Å². The van der Waals surface area contributed by atoms with Crippen molar-refractivity contribution in [2.75, 3.05) is 39.4 Å². The third kappa shape index (κ3) is 3.62. The first-order valence-corrected chi connectivity index (χ1v) is 7.55. The van der Waals surface area contributed by atoms with Crippen molar-refractivity contribution in [3.63, 3.8) is 0 Å². The van der Waals surface area contributed by atoms with Crippen LogP contribution in [-0.2, 0) is 4.74 Å². The molecule has 20 heavy (non-hydrogen) atoms. The molecule has 1 aliphatic carbocycles. The van der Waals surface area contributed by atoms with E-state index in [1.54, 1.807) is 0 Å². The van der Waals surface area contributed by atoms with Gasteiger partial charge in [0.1, 0.15) is 5.76 Å². The van der Waals surface area contributed by atoms with Gasteiger partial charge in [-0.05, 0) is 11.8 Å². The summed E-state index contributed by atoms with van der Waals surface area (Å²) in [7, 11) is 0. The fourth-order valence-corrected chi connectivity index (χ4v) is 2.81. The summed E-state index contributed by atoms with van der Waals surface area (Å²) in [4.78, 5) is 2.34. The number of rotatable bonds is 3. The van der Waals surface area contributed by atoms with E-state index >= 15 is 0 Å². The van der Waals surface area contributed by atoms with Gasteiger partial charge in [-0.2, -0.15) is 0 Å². The first-order chi connectivity index (χ1) is 9.41. The molecule has 2 aliphatic rings. The Bertz CT molecular complexity index is 401. The van der Waals surface area contributed by atoms with Crippen LogP contribution >= 0.6 is 0 Å². The maximum Gasteiger partial charge on any atom is 0.101 e. The van der Waals surface area contributed by atoms with Crippen LogP contribution in [0.4, 0.5) is 0 Å². The van der Waals surface area contributed by atoms with Crippen molar-refractivity contribution < 1.29 is 9.84 Å². The largest absolute Gasteiger partial charge is 0.512 e. The molecule has 1 aliphatic heterocycles. The van der Waals surface area contributed by atoms with Crippen LogP contribution in [0, 0.1) is 11.3 Å². The van der Waals surface area contributed by atoms with Crippen molar-refractivity contribution in [3.05, 3.63) is 23.0 Å². The smallest absolute Gasteiger partial charge is 0.101 e. The van der Waals surface area contributed by atoms with Crippen LogP contribution < -0.4 is 5.73 Å². The molecular weight excluding hydrogens is 252 g/mol. The second-order valence-electron chi connectivity index (χ2n) is 6.86. The summed E-state index contributed by atoms with van der Waals surface area (Å²) in [5.41, 5.74) is 8.39. The van der Waals surface area contributed by atoms with Gasteiger partial charge in [-0.1, -0.05) is 32.4 Å². The maximum atomic E-state index is 10.4. The van der Waals surface area contributed by atoms with Crippen molar-refractivity contribution >= 4 is 0 Å². The zero-order valence-corrected chi connectivity index (χ0v) is 13.0. The Kier molecular flexibility index (Phi) is 4.89. The minimum Gasteiger partial charge on any atom is -0.512 e. The van der Waals surface area contributed by atoms with Gasteiger partial charge in [-0.15, -0.1) is 0 Å². The van der Waals surface area contributed by atoms with Gasteiger partial charge < -0.3 is 15.6 Å². The van der Waals surface area contributed by atoms with Crippen molar-refractivity contribution in [2.24, 2.45) is 17.1 Å². The van der Waals surface area contributed by atoms with Crippen molar-refractivity contribution in [1.82, 2.24) is 4.90 Å². The van der Waals surface area contributed by atoms with Crippen LogP contribution in [0.5, 0.6) is 0 Å². The Hall–Kier alpha value is -0.840. The quantitative estimate of drug-likeness (QED) is 0.831. The number of hydrogen-bond acceptors (Lipinski definition) is 4. The normalized spacial score (nSPS) is 25.8. The molecule has 1 unspecified atom stereocenters. The Labute approximate surface area is 122 Å². The molecule has 114 valence electrons. The number of allylic oxidation sites excluding steroid dienone is 1. The standard InChI is InChI=1S/C16H28N2O2/c1-16(2,3)14-8-12(10-17)15(19)13(9-14)11-18-4-6-20-7-5-18/h9,12,19H,4-8,10-11,17H2,1-3H3. The van der Waals surface area contributed by atoms with Gasteiger partial charge in [0, 0.05) is 37.7 Å². The average molecular weight is 280 g/mol. The monoisotopic (exact) mass is 280 g/mol. The molecule has 0 saturated carbocycles. The van der Waals surface area contributed by atoms with Gasteiger partial charge in [0.25, 0.3) is 0 Å². The summed E-state index contributed by atoms with van der Waals surface area (Å²) in [6, 6.07) is 0. The third-order valence-electron chi connectivity index (χ3n) is 4.28. The minimum absolute atomic E-state index is 0.0743. The SMILES string of the molecule is CC(C)(C)C1=CC(CN2CCOCC2)=C(O)C(CN)C1. The van der Waals surface area contributed by atoms with Gasteiger partial charge in [-0.3, -0.25) is 4.90 Å². The zero-order valence-electron chi connectivity index (χ0n) is 13.0. The van der Waals surface area contributed by atoms with E-state index in [-0.39, 0.29) is 11.3 Å². The van der Waals surface area contributed by atoms with Crippen LogP contribution in [0.3, 0.4) is 0 Å². The highest BCUT2D eigenvalue weighted by atomic mass is 16.5. The highest BCUT2D eigenvalue weighted by molar-refractivity contribution is 5.36. The van der Waals surface area contributed by atoms with E-state index in [2.05, 4.69) is 31.7 Å². The number of aliphatic hydroxyl groups is 1. The second kappa shape index (κ2) is 6.29. The molecule has 1 heterocycles. The zero-order chi connectivity index (χ0) is 14.8. The van der Waals surface area contributed by atoms with E-state index in [4.69, 9.17) is 10.5 Å². The van der Waals surface area contributed by atoms with Crippen LogP contribution in [0.15, 0.2) is 23.0 Å². The fraction of sp³-hybridized carbons (Fsp3) is 0.750. The van der Waals surface area contributed by atoms with Crippen LogP contribution in [-0.4, -0.2) is 49.4 Å². The Morgan fingerprint density at radius 2 is 2.00 bits per heavy atom. The third-order valence-corrected chi connectivity index (χ3v) is 4.28. The molecule has 0 aromatic heterocycles. The molecule has 0 spiro atoms. The first kappa shape index (κ1) is 15.5. The molecule has 4 nitrogen and oxygen atoms in total. The Morgan fingerprint density at radius 3 is 2.55 bits per heavy atom. The lowest BCUT2D eigenvalue weighted by atomic mass is 9.76. The summed E-state index contributed by atoms with van der Waals surface area (Å²) in [6.07, 6.45) is 3.06. The molecule has 0 radical (unpaired) electrons. The van der Waals surface area contributed by atoms with E-state index in [9.17, 15) is 5.11 Å². The van der Waals surface area contributed by atoms with Gasteiger partial charge in [0.05, 0.1) is 13.2 Å². The van der Waals surface area contributed by atoms with Gasteiger partial charge >= 0.3 is 0 Å². The summed E-state index contributed by atoms with van der Waals surface area (Å²) in [5, 5.41) is 10.4. The van der Waals surface area contributed by atoms with E-state index < -0.39 is 0 Å². The lowest BCUT2D eigenvalue weighted by Gasteiger charge is -2.34. The van der Waals surface area contributed by atoms with E-state index in [1.807, 2.05) is 0 Å².